The van der Waals surface area contributed by atoms with Crippen LogP contribution in [0.5, 0.6) is 0 Å². The maximum atomic E-state index is 14.8. The number of hydrogen-bond acceptors (Lipinski definition) is 18. The second-order valence-corrected chi connectivity index (χ2v) is 24.7. The van der Waals surface area contributed by atoms with E-state index in [1.807, 2.05) is 53.6 Å². The highest BCUT2D eigenvalue weighted by molar-refractivity contribution is 7.91. The van der Waals surface area contributed by atoms with Crippen molar-refractivity contribution in [2.75, 3.05) is 60.4 Å². The lowest BCUT2D eigenvalue weighted by Gasteiger charge is -2.51. The van der Waals surface area contributed by atoms with E-state index in [0.717, 1.165) is 0 Å². The van der Waals surface area contributed by atoms with Gasteiger partial charge >= 0.3 is 5.97 Å². The van der Waals surface area contributed by atoms with Gasteiger partial charge in [-0.3, -0.25) is 4.79 Å². The Labute approximate surface area is 439 Å². The molecule has 5 rings (SSSR count). The molecule has 4 heterocycles. The van der Waals surface area contributed by atoms with Crippen LogP contribution in [-0.4, -0.2) is 203 Å². The summed E-state index contributed by atoms with van der Waals surface area (Å²) in [4.78, 5) is 18.8. The number of carbonyl (C=O) groups is 1. The Morgan fingerprint density at radius 1 is 0.986 bits per heavy atom. The summed E-state index contributed by atoms with van der Waals surface area (Å²) in [7, 11) is 3.17. The Balaban J connectivity index is 1.42. The van der Waals surface area contributed by atoms with Crippen molar-refractivity contribution in [3.63, 3.8) is 0 Å². The van der Waals surface area contributed by atoms with Crippen LogP contribution in [0.25, 0.3) is 0 Å². The fourth-order valence-corrected chi connectivity index (χ4v) is 13.2. The van der Waals surface area contributed by atoms with Crippen LogP contribution in [-0.2, 0) is 49.5 Å². The molecule has 0 saturated carbocycles. The van der Waals surface area contributed by atoms with Gasteiger partial charge in [0.2, 0.25) is 0 Å². The molecule has 21 heteroatoms. The summed E-state index contributed by atoms with van der Waals surface area (Å²) >= 11 is 0. The van der Waals surface area contributed by atoms with E-state index >= 15 is 0 Å². The number of likely N-dealkylation sites (N-methyl/N-ethyl adjacent to an activating group) is 2. The number of carbonyl (C=O) groups excluding carboxylic acids is 1. The van der Waals surface area contributed by atoms with Crippen molar-refractivity contribution in [2.24, 2.45) is 23.7 Å². The summed E-state index contributed by atoms with van der Waals surface area (Å²) in [5, 5.41) is 65.7. The summed E-state index contributed by atoms with van der Waals surface area (Å²) in [6.45, 7) is 17.8. The molecule has 74 heavy (non-hydrogen) atoms. The van der Waals surface area contributed by atoms with Crippen LogP contribution in [0, 0.1) is 23.7 Å². The first-order valence-corrected chi connectivity index (χ1v) is 28.1. The third-order valence-electron chi connectivity index (χ3n) is 16.7. The zero-order chi connectivity index (χ0) is 55.2. The van der Waals surface area contributed by atoms with Crippen molar-refractivity contribution in [3.05, 3.63) is 41.7 Å². The zero-order valence-corrected chi connectivity index (χ0v) is 47.2. The van der Waals surface area contributed by atoms with Crippen molar-refractivity contribution in [3.8, 4) is 0 Å². The van der Waals surface area contributed by atoms with Crippen LogP contribution in [0.1, 0.15) is 125 Å². The summed E-state index contributed by atoms with van der Waals surface area (Å²) in [5.74, 6) is -3.38. The third-order valence-corrected chi connectivity index (χ3v) is 18.4. The lowest BCUT2D eigenvalue weighted by atomic mass is 9.68. The Morgan fingerprint density at radius 3 is 2.24 bits per heavy atom. The number of rotatable bonds is 17. The SMILES string of the molecule is CC[C@H]1OC(=O)[C@H](C)[C@@H](C2C[C@@](C)(OC)[C@@H](O)[C@H](C)O2)[C@H](C)[C@@H](O[C@H]2C[C@@H](N(C)CCc3cn([C@H](CF)[C@H](OC)c4ccc(S(=O)(=O)CCO)cc4)nn3)C[C@@H](C)O2)[C@](C)(O)C[C@@H](C)CN(C)[C@H](C)[C@@H](O)[C@]1(C)O. The van der Waals surface area contributed by atoms with E-state index in [1.165, 1.54) is 38.0 Å². The Hall–Kier alpha value is -2.77. The Bertz CT molecular complexity index is 2190. The number of aliphatic hydroxyl groups is 5. The molecule has 19 nitrogen and oxygen atoms in total. The minimum atomic E-state index is -3.68. The smallest absolute Gasteiger partial charge is 0.309 e. The maximum absolute atomic E-state index is 14.8. The Morgan fingerprint density at radius 2 is 1.65 bits per heavy atom. The quantitative estimate of drug-likeness (QED) is 0.140. The van der Waals surface area contributed by atoms with Crippen molar-refractivity contribution >= 4 is 15.8 Å². The van der Waals surface area contributed by atoms with Crippen LogP contribution in [0.4, 0.5) is 4.39 Å². The number of aliphatic hydroxyl groups excluding tert-OH is 3. The Kier molecular flexibility index (Phi) is 21.6. The molecular weight excluding hydrogens is 982 g/mol. The minimum Gasteiger partial charge on any atom is -0.459 e. The van der Waals surface area contributed by atoms with Gasteiger partial charge in [0.05, 0.1) is 64.5 Å². The van der Waals surface area contributed by atoms with Gasteiger partial charge < -0.3 is 63.8 Å². The predicted octanol–water partition coefficient (Wildman–Crippen LogP) is 4.07. The first-order chi connectivity index (χ1) is 34.6. The number of benzene rings is 1. The van der Waals surface area contributed by atoms with Gasteiger partial charge in [-0.1, -0.05) is 45.0 Å². The van der Waals surface area contributed by atoms with E-state index in [0.29, 0.717) is 43.6 Å². The first kappa shape index (κ1) is 62.1. The number of halogens is 1. The predicted molar refractivity (Wildman–Crippen MR) is 274 cm³/mol. The normalized spacial score (nSPS) is 38.5. The summed E-state index contributed by atoms with van der Waals surface area (Å²) < 4.78 is 79.4. The van der Waals surface area contributed by atoms with Crippen molar-refractivity contribution in [1.82, 2.24) is 24.8 Å². The fraction of sp³-hybridized carbons (Fsp3) is 0.830. The molecule has 5 N–H and O–H groups in total. The fourth-order valence-electron chi connectivity index (χ4n) is 12.1. The molecule has 3 aliphatic heterocycles. The van der Waals surface area contributed by atoms with E-state index in [9.17, 15) is 43.1 Å². The number of alkyl halides is 1. The molecule has 3 fully saturated rings. The van der Waals surface area contributed by atoms with Crippen LogP contribution in [0.2, 0.25) is 0 Å². The first-order valence-electron chi connectivity index (χ1n) is 26.5. The third kappa shape index (κ3) is 14.3. The van der Waals surface area contributed by atoms with Gasteiger partial charge in [-0.15, -0.1) is 5.10 Å². The molecule has 0 spiro atoms. The number of cyclic esters (lactones) is 1. The van der Waals surface area contributed by atoms with E-state index < -0.39 is 130 Å². The van der Waals surface area contributed by atoms with Gasteiger partial charge in [-0.2, -0.15) is 0 Å². The number of hydrogen-bond donors (Lipinski definition) is 5. The molecule has 3 saturated heterocycles. The number of nitrogens with zero attached hydrogens (tertiary/aromatic N) is 5. The van der Waals surface area contributed by atoms with E-state index in [-0.39, 0.29) is 42.2 Å². The molecule has 0 radical (unpaired) electrons. The van der Waals surface area contributed by atoms with Gasteiger partial charge in [0.25, 0.3) is 0 Å². The molecule has 1 aromatic carbocycles. The van der Waals surface area contributed by atoms with Gasteiger partial charge in [0.15, 0.2) is 16.1 Å². The van der Waals surface area contributed by atoms with E-state index in [2.05, 4.69) is 15.2 Å². The standard InChI is InChI=1S/C53H90FN5O14S/c1-15-43-53(10,65)47(61)35(6)58(12)29-31(2)26-51(8,64)49(33(4)45(34(5)50(63)72-43)42-27-52(9,69-14)48(62)36(7)71-42)73-44-25-39(24-32(3)70-44)57(11)21-20-38-30-59(56-55-38)41(28-54)46(68-13)37-16-18-40(19-17-37)74(66,67)23-22-60/h16-19,30-36,39,41-49,60-62,64-65H,15,20-29H2,1-14H3/t31-,32-,33+,34-,35-,36+,39+,41-,42?,43-,44+,45+,46-,47-,48+,49-,51-,52-,53-/m1/s1. The molecule has 0 bridgehead atoms. The largest absolute Gasteiger partial charge is 0.459 e. The van der Waals surface area contributed by atoms with Gasteiger partial charge in [0, 0.05) is 70.8 Å². The maximum Gasteiger partial charge on any atom is 0.309 e. The molecule has 1 aromatic heterocycles. The van der Waals surface area contributed by atoms with Crippen LogP contribution in [0.3, 0.4) is 0 Å². The number of ether oxygens (including phenoxy) is 6. The molecule has 3 aliphatic rings. The monoisotopic (exact) mass is 1070 g/mol. The average molecular weight is 1070 g/mol. The van der Waals surface area contributed by atoms with Gasteiger partial charge in [-0.25, -0.2) is 17.5 Å². The topological polar surface area (TPSA) is 245 Å². The summed E-state index contributed by atoms with van der Waals surface area (Å²) in [5.41, 5.74) is -3.21. The number of sulfone groups is 1. The number of methoxy groups -OCH3 is 2. The molecular formula is C53H90FN5O14S. The van der Waals surface area contributed by atoms with Crippen LogP contribution in [0.15, 0.2) is 35.4 Å². The second kappa shape index (κ2) is 25.8. The highest BCUT2D eigenvalue weighted by Gasteiger charge is 2.54. The lowest BCUT2D eigenvalue weighted by Crippen LogP contribution is -2.61. The second-order valence-electron chi connectivity index (χ2n) is 22.6. The van der Waals surface area contributed by atoms with Crippen LogP contribution < -0.4 is 0 Å². The van der Waals surface area contributed by atoms with E-state index in [1.54, 1.807) is 46.0 Å². The molecule has 1 unspecified atom stereocenters. The molecule has 0 aliphatic carbocycles. The summed E-state index contributed by atoms with van der Waals surface area (Å²) in [6, 6.07) is 4.46. The molecule has 424 valence electrons. The van der Waals surface area contributed by atoms with Gasteiger partial charge in [-0.05, 0) is 104 Å². The average Bonchev–Trinajstić information content (AvgIpc) is 3.82. The van der Waals surface area contributed by atoms with Crippen LogP contribution >= 0.6 is 0 Å². The van der Waals surface area contributed by atoms with Crippen molar-refractivity contribution in [1.29, 1.82) is 0 Å². The highest BCUT2D eigenvalue weighted by Crippen LogP contribution is 2.45. The minimum absolute atomic E-state index is 0.0428. The van der Waals surface area contributed by atoms with Crippen molar-refractivity contribution < 1.29 is 71.6 Å². The van der Waals surface area contributed by atoms with Crippen molar-refractivity contribution in [2.45, 2.75) is 203 Å². The van der Waals surface area contributed by atoms with Gasteiger partial charge in [0.1, 0.15) is 42.7 Å². The molecule has 19 atom stereocenters. The summed E-state index contributed by atoms with van der Waals surface area (Å²) in [6.07, 6.45) is -3.56. The number of esters is 1. The zero-order valence-electron chi connectivity index (χ0n) is 46.3. The lowest BCUT2D eigenvalue weighted by molar-refractivity contribution is -0.275. The van der Waals surface area contributed by atoms with E-state index in [4.69, 9.17) is 28.4 Å². The molecule has 0 amide bonds. The highest BCUT2D eigenvalue weighted by atomic mass is 32.2. The molecule has 2 aromatic rings. The number of aromatic nitrogens is 3.